The number of thiazole rings is 1. The van der Waals surface area contributed by atoms with Gasteiger partial charge in [0.05, 0.1) is 22.4 Å². The predicted octanol–water partition coefficient (Wildman–Crippen LogP) is 3.61. The lowest BCUT2D eigenvalue weighted by molar-refractivity contribution is -0.134. The molecule has 106 valence electrons. The van der Waals surface area contributed by atoms with Crippen molar-refractivity contribution < 1.29 is 9.84 Å². The third-order valence-corrected chi connectivity index (χ3v) is 5.47. The molecule has 1 saturated carbocycles. The van der Waals surface area contributed by atoms with Gasteiger partial charge in [0, 0.05) is 12.0 Å². The van der Waals surface area contributed by atoms with E-state index in [1.165, 1.54) is 32.1 Å². The summed E-state index contributed by atoms with van der Waals surface area (Å²) in [6.45, 7) is 2.79. The quantitative estimate of drug-likeness (QED) is 0.900. The zero-order chi connectivity index (χ0) is 13.3. The van der Waals surface area contributed by atoms with Crippen LogP contribution in [-0.2, 0) is 4.74 Å². The van der Waals surface area contributed by atoms with Crippen molar-refractivity contribution in [3.05, 3.63) is 16.1 Å². The van der Waals surface area contributed by atoms with Gasteiger partial charge in [0.25, 0.3) is 0 Å². The number of nitrogens with zero attached hydrogens (tertiary/aromatic N) is 1. The van der Waals surface area contributed by atoms with Crippen LogP contribution >= 0.6 is 11.3 Å². The molecule has 1 aliphatic heterocycles. The van der Waals surface area contributed by atoms with Crippen LogP contribution in [0.2, 0.25) is 0 Å². The summed E-state index contributed by atoms with van der Waals surface area (Å²) in [5.41, 5.74) is 0.924. The molecule has 2 fully saturated rings. The van der Waals surface area contributed by atoms with Gasteiger partial charge in [-0.05, 0) is 38.5 Å². The fraction of sp³-hybridized carbons (Fsp3) is 0.800. The number of rotatable bonds is 2. The van der Waals surface area contributed by atoms with Crippen molar-refractivity contribution in [3.63, 3.8) is 0 Å². The minimum absolute atomic E-state index is 0.0627. The van der Waals surface area contributed by atoms with Gasteiger partial charge in [0.15, 0.2) is 0 Å². The van der Waals surface area contributed by atoms with Crippen LogP contribution in [0.3, 0.4) is 0 Å². The molecule has 19 heavy (non-hydrogen) atoms. The van der Waals surface area contributed by atoms with Gasteiger partial charge in [-0.25, -0.2) is 4.98 Å². The van der Waals surface area contributed by atoms with E-state index in [-0.39, 0.29) is 5.60 Å². The Balaban J connectivity index is 1.70. The third-order valence-electron chi connectivity index (χ3n) is 4.68. The highest BCUT2D eigenvalue weighted by Crippen LogP contribution is 2.44. The maximum atomic E-state index is 10.6. The summed E-state index contributed by atoms with van der Waals surface area (Å²) in [7, 11) is 0. The van der Waals surface area contributed by atoms with Crippen molar-refractivity contribution in [2.75, 3.05) is 6.61 Å². The summed E-state index contributed by atoms with van der Waals surface area (Å²) < 4.78 is 6.10. The number of ether oxygens (including phenoxy) is 1. The lowest BCUT2D eigenvalue weighted by atomic mass is 9.74. The van der Waals surface area contributed by atoms with Crippen molar-refractivity contribution in [1.29, 1.82) is 0 Å². The number of aromatic nitrogens is 1. The molecule has 1 saturated heterocycles. The lowest BCUT2D eigenvalue weighted by Crippen LogP contribution is -2.42. The number of hydrogen-bond acceptors (Lipinski definition) is 4. The summed E-state index contributed by atoms with van der Waals surface area (Å²) in [4.78, 5) is 4.45. The molecule has 2 unspecified atom stereocenters. The molecule has 0 radical (unpaired) electrons. The highest BCUT2D eigenvalue weighted by atomic mass is 32.1. The third kappa shape index (κ3) is 2.86. The summed E-state index contributed by atoms with van der Waals surface area (Å²) in [6.07, 6.45) is 7.79. The van der Waals surface area contributed by atoms with Gasteiger partial charge in [-0.3, -0.25) is 0 Å². The second-order valence-electron chi connectivity index (χ2n) is 6.08. The van der Waals surface area contributed by atoms with Gasteiger partial charge in [-0.1, -0.05) is 19.3 Å². The number of hydrogen-bond donors (Lipinski definition) is 1. The molecular weight excluding hydrogens is 258 g/mol. The van der Waals surface area contributed by atoms with E-state index in [1.54, 1.807) is 11.3 Å². The molecule has 0 bridgehead atoms. The largest absolute Gasteiger partial charge is 0.386 e. The molecule has 3 rings (SSSR count). The molecule has 0 aromatic carbocycles. The van der Waals surface area contributed by atoms with E-state index in [2.05, 4.69) is 4.98 Å². The Morgan fingerprint density at radius 3 is 2.89 bits per heavy atom. The maximum absolute atomic E-state index is 10.6. The van der Waals surface area contributed by atoms with Crippen LogP contribution in [0.25, 0.3) is 0 Å². The molecule has 3 nitrogen and oxygen atoms in total. The van der Waals surface area contributed by atoms with Crippen LogP contribution in [0.5, 0.6) is 0 Å². The second-order valence-corrected chi connectivity index (χ2v) is 7.14. The van der Waals surface area contributed by atoms with E-state index in [1.807, 2.05) is 12.3 Å². The number of aliphatic hydroxyl groups is 1. The van der Waals surface area contributed by atoms with Gasteiger partial charge in [0.2, 0.25) is 0 Å². The average molecular weight is 281 g/mol. The molecular formula is C15H23NO2S. The standard InChI is InChI=1S/C15H23NO2S/c1-11-16-13(10-19-11)14(17)12-5-8-18-15(9-12)6-3-2-4-7-15/h10,12,14,17H,2-9H2,1H3. The van der Waals surface area contributed by atoms with Gasteiger partial charge in [0.1, 0.15) is 0 Å². The molecule has 2 atom stereocenters. The van der Waals surface area contributed by atoms with Crippen molar-refractivity contribution in [2.24, 2.45) is 5.92 Å². The Hall–Kier alpha value is -0.450. The maximum Gasteiger partial charge on any atom is 0.0998 e. The zero-order valence-corrected chi connectivity index (χ0v) is 12.4. The second kappa shape index (κ2) is 5.51. The van der Waals surface area contributed by atoms with E-state index in [0.717, 1.165) is 30.2 Å². The Morgan fingerprint density at radius 1 is 1.42 bits per heavy atom. The van der Waals surface area contributed by atoms with Crippen LogP contribution in [0, 0.1) is 12.8 Å². The van der Waals surface area contributed by atoms with Crippen LogP contribution in [0.1, 0.15) is 61.8 Å². The van der Waals surface area contributed by atoms with Crippen LogP contribution in [0.4, 0.5) is 0 Å². The first-order valence-electron chi connectivity index (χ1n) is 7.43. The molecule has 2 heterocycles. The highest BCUT2D eigenvalue weighted by molar-refractivity contribution is 7.09. The average Bonchev–Trinajstić information content (AvgIpc) is 2.85. The molecule has 0 amide bonds. The number of aliphatic hydroxyl groups excluding tert-OH is 1. The normalized spacial score (nSPS) is 28.4. The van der Waals surface area contributed by atoms with Crippen LogP contribution in [-0.4, -0.2) is 22.3 Å². The van der Waals surface area contributed by atoms with Gasteiger partial charge >= 0.3 is 0 Å². The smallest absolute Gasteiger partial charge is 0.0998 e. The van der Waals surface area contributed by atoms with E-state index < -0.39 is 6.10 Å². The highest BCUT2D eigenvalue weighted by Gasteiger charge is 2.41. The molecule has 1 N–H and O–H groups in total. The van der Waals surface area contributed by atoms with Gasteiger partial charge in [-0.15, -0.1) is 11.3 Å². The Bertz CT molecular complexity index is 420. The minimum atomic E-state index is -0.410. The molecule has 4 heteroatoms. The molecule has 1 spiro atoms. The topological polar surface area (TPSA) is 42.4 Å². The summed E-state index contributed by atoms with van der Waals surface area (Å²) in [5, 5.41) is 13.6. The van der Waals surface area contributed by atoms with E-state index in [0.29, 0.717) is 5.92 Å². The minimum Gasteiger partial charge on any atom is -0.386 e. The van der Waals surface area contributed by atoms with E-state index >= 15 is 0 Å². The van der Waals surface area contributed by atoms with Crippen LogP contribution < -0.4 is 0 Å². The fourth-order valence-corrected chi connectivity index (χ4v) is 4.28. The zero-order valence-electron chi connectivity index (χ0n) is 11.6. The van der Waals surface area contributed by atoms with Crippen molar-refractivity contribution in [1.82, 2.24) is 4.98 Å². The Labute approximate surface area is 119 Å². The first-order chi connectivity index (χ1) is 9.19. The number of aryl methyl sites for hydroxylation is 1. The molecule has 1 aromatic rings. The Morgan fingerprint density at radius 2 is 2.21 bits per heavy atom. The van der Waals surface area contributed by atoms with Crippen molar-refractivity contribution in [2.45, 2.75) is 63.6 Å². The Kier molecular flexibility index (Phi) is 3.92. The SMILES string of the molecule is Cc1nc(C(O)C2CCOC3(CCCCC3)C2)cs1. The van der Waals surface area contributed by atoms with Gasteiger partial charge < -0.3 is 9.84 Å². The monoisotopic (exact) mass is 281 g/mol. The summed E-state index contributed by atoms with van der Waals surface area (Å²) in [6, 6.07) is 0. The van der Waals surface area contributed by atoms with E-state index in [9.17, 15) is 5.11 Å². The summed E-state index contributed by atoms with van der Waals surface area (Å²) in [5.74, 6) is 0.313. The van der Waals surface area contributed by atoms with Crippen molar-refractivity contribution >= 4 is 11.3 Å². The first kappa shape index (κ1) is 13.5. The van der Waals surface area contributed by atoms with Crippen LogP contribution in [0.15, 0.2) is 5.38 Å². The van der Waals surface area contributed by atoms with Crippen molar-refractivity contribution in [3.8, 4) is 0 Å². The first-order valence-corrected chi connectivity index (χ1v) is 8.31. The lowest BCUT2D eigenvalue weighted by Gasteiger charge is -2.44. The molecule has 1 aliphatic carbocycles. The molecule has 2 aliphatic rings. The predicted molar refractivity (Wildman–Crippen MR) is 76.3 cm³/mol. The van der Waals surface area contributed by atoms with Gasteiger partial charge in [-0.2, -0.15) is 0 Å². The van der Waals surface area contributed by atoms with E-state index in [4.69, 9.17) is 4.74 Å². The molecule has 1 aromatic heterocycles. The fourth-order valence-electron chi connectivity index (χ4n) is 3.64. The summed E-state index contributed by atoms with van der Waals surface area (Å²) >= 11 is 1.62.